The molecule has 0 unspecified atom stereocenters. The third-order valence-corrected chi connectivity index (χ3v) is 3.22. The fourth-order valence-electron chi connectivity index (χ4n) is 2.27. The van der Waals surface area contributed by atoms with Gasteiger partial charge in [0.05, 0.1) is 12.2 Å². The topological polar surface area (TPSA) is 62.2 Å². The van der Waals surface area contributed by atoms with Crippen LogP contribution in [0.3, 0.4) is 0 Å². The molecule has 0 aliphatic carbocycles. The molecular weight excluding hydrogens is 266 g/mol. The summed E-state index contributed by atoms with van der Waals surface area (Å²) < 4.78 is 1.84. The lowest BCUT2D eigenvalue weighted by Gasteiger charge is -2.24. The molecule has 120 valence electrons. The number of aromatic nitrogens is 2. The van der Waals surface area contributed by atoms with Crippen LogP contribution in [0.5, 0.6) is 0 Å². The number of aryl methyl sites for hydroxylation is 2. The number of likely N-dealkylation sites (N-methyl/N-ethyl adjacent to an activating group) is 2. The minimum Gasteiger partial charge on any atom is -0.355 e. The molecule has 0 aliphatic heterocycles. The van der Waals surface area contributed by atoms with Gasteiger partial charge in [0.1, 0.15) is 5.82 Å². The van der Waals surface area contributed by atoms with Gasteiger partial charge in [0.25, 0.3) is 0 Å². The summed E-state index contributed by atoms with van der Waals surface area (Å²) in [6, 6.07) is 0. The molecule has 6 heteroatoms. The highest BCUT2D eigenvalue weighted by molar-refractivity contribution is 5.81. The number of anilines is 1. The minimum absolute atomic E-state index is 0.0218. The van der Waals surface area contributed by atoms with Crippen LogP contribution in [0, 0.1) is 6.92 Å². The van der Waals surface area contributed by atoms with Crippen LogP contribution >= 0.6 is 0 Å². The zero-order valence-corrected chi connectivity index (χ0v) is 14.4. The molecule has 2 N–H and O–H groups in total. The van der Waals surface area contributed by atoms with E-state index in [1.807, 2.05) is 37.5 Å². The van der Waals surface area contributed by atoms with Crippen LogP contribution in [-0.4, -0.2) is 41.4 Å². The molecule has 0 saturated carbocycles. The van der Waals surface area contributed by atoms with E-state index in [0.29, 0.717) is 13.1 Å². The van der Waals surface area contributed by atoms with Gasteiger partial charge in [0.15, 0.2) is 0 Å². The molecule has 0 aliphatic rings. The van der Waals surface area contributed by atoms with Gasteiger partial charge in [-0.3, -0.25) is 9.48 Å². The predicted molar refractivity (Wildman–Crippen MR) is 86.5 cm³/mol. The first-order valence-corrected chi connectivity index (χ1v) is 7.41. The normalized spacial score (nSPS) is 11.6. The Morgan fingerprint density at radius 2 is 2.00 bits per heavy atom. The third kappa shape index (κ3) is 5.04. The van der Waals surface area contributed by atoms with Crippen LogP contribution < -0.4 is 15.5 Å². The molecule has 6 nitrogen and oxygen atoms in total. The fourth-order valence-corrected chi connectivity index (χ4v) is 2.27. The van der Waals surface area contributed by atoms with Crippen LogP contribution in [0.1, 0.15) is 39.0 Å². The van der Waals surface area contributed by atoms with Crippen molar-refractivity contribution < 1.29 is 4.79 Å². The molecule has 1 aromatic rings. The van der Waals surface area contributed by atoms with Crippen molar-refractivity contribution >= 4 is 11.7 Å². The molecule has 0 atom stereocenters. The standard InChI is InChI=1S/C15H29N5O/c1-8-16-13(21)10-19(6)14-12(9-17-15(3,4)5)11(2)18-20(14)7/h17H,8-10H2,1-7H3,(H,16,21). The molecule has 1 amide bonds. The number of hydrogen-bond acceptors (Lipinski definition) is 4. The smallest absolute Gasteiger partial charge is 0.239 e. The van der Waals surface area contributed by atoms with E-state index in [4.69, 9.17) is 0 Å². The highest BCUT2D eigenvalue weighted by atomic mass is 16.2. The number of carbonyl (C=O) groups is 1. The number of carbonyl (C=O) groups excluding carboxylic acids is 1. The maximum Gasteiger partial charge on any atom is 0.239 e. The summed E-state index contributed by atoms with van der Waals surface area (Å²) in [6.07, 6.45) is 0. The number of nitrogens with one attached hydrogen (secondary N) is 2. The summed E-state index contributed by atoms with van der Waals surface area (Å²) in [4.78, 5) is 13.7. The lowest BCUT2D eigenvalue weighted by Crippen LogP contribution is -2.38. The highest BCUT2D eigenvalue weighted by Gasteiger charge is 2.20. The quantitative estimate of drug-likeness (QED) is 0.827. The van der Waals surface area contributed by atoms with E-state index >= 15 is 0 Å². The zero-order valence-electron chi connectivity index (χ0n) is 14.4. The number of rotatable bonds is 6. The Labute approximate surface area is 127 Å². The van der Waals surface area contributed by atoms with Crippen LogP contribution in [-0.2, 0) is 18.4 Å². The van der Waals surface area contributed by atoms with Crippen molar-refractivity contribution in [1.82, 2.24) is 20.4 Å². The predicted octanol–water partition coefficient (Wildman–Crippen LogP) is 1.19. The Morgan fingerprint density at radius 1 is 1.38 bits per heavy atom. The van der Waals surface area contributed by atoms with Crippen LogP contribution in [0.4, 0.5) is 5.82 Å². The molecule has 0 radical (unpaired) electrons. The zero-order chi connectivity index (χ0) is 16.2. The van der Waals surface area contributed by atoms with Crippen molar-refractivity contribution in [2.75, 3.05) is 25.0 Å². The first-order chi connectivity index (χ1) is 9.65. The van der Waals surface area contributed by atoms with Gasteiger partial charge in [-0.1, -0.05) is 0 Å². The summed E-state index contributed by atoms with van der Waals surface area (Å²) in [5.41, 5.74) is 2.17. The average Bonchev–Trinajstić information content (AvgIpc) is 2.60. The second-order valence-electron chi connectivity index (χ2n) is 6.42. The molecule has 1 heterocycles. The lowest BCUT2D eigenvalue weighted by molar-refractivity contribution is -0.119. The molecule has 0 spiro atoms. The molecule has 0 saturated heterocycles. The van der Waals surface area contributed by atoms with E-state index in [9.17, 15) is 4.79 Å². The van der Waals surface area contributed by atoms with E-state index in [2.05, 4.69) is 36.5 Å². The van der Waals surface area contributed by atoms with Crippen LogP contribution in [0.25, 0.3) is 0 Å². The summed E-state index contributed by atoms with van der Waals surface area (Å²) >= 11 is 0. The van der Waals surface area contributed by atoms with Gasteiger partial charge in [-0.25, -0.2) is 0 Å². The van der Waals surface area contributed by atoms with Crippen molar-refractivity contribution in [3.63, 3.8) is 0 Å². The summed E-state index contributed by atoms with van der Waals surface area (Å²) in [5, 5.41) is 10.8. The Kier molecular flexibility index (Phi) is 5.78. The fraction of sp³-hybridized carbons (Fsp3) is 0.733. The van der Waals surface area contributed by atoms with Crippen molar-refractivity contribution in [3.8, 4) is 0 Å². The SMILES string of the molecule is CCNC(=O)CN(C)c1c(CNC(C)(C)C)c(C)nn1C. The Balaban J connectivity index is 2.92. The highest BCUT2D eigenvalue weighted by Crippen LogP contribution is 2.22. The van der Waals surface area contributed by atoms with E-state index in [-0.39, 0.29) is 11.4 Å². The maximum absolute atomic E-state index is 11.8. The molecule has 0 fully saturated rings. The number of nitrogens with zero attached hydrogens (tertiary/aromatic N) is 3. The van der Waals surface area contributed by atoms with E-state index in [0.717, 1.165) is 23.6 Å². The van der Waals surface area contributed by atoms with Gasteiger partial charge in [0.2, 0.25) is 5.91 Å². The van der Waals surface area contributed by atoms with Crippen molar-refractivity contribution in [2.45, 2.75) is 46.7 Å². The van der Waals surface area contributed by atoms with Gasteiger partial charge >= 0.3 is 0 Å². The summed E-state index contributed by atoms with van der Waals surface area (Å²) in [6.45, 7) is 12.0. The van der Waals surface area contributed by atoms with Crippen molar-refractivity contribution in [3.05, 3.63) is 11.3 Å². The maximum atomic E-state index is 11.8. The molecular formula is C15H29N5O. The van der Waals surface area contributed by atoms with E-state index < -0.39 is 0 Å². The molecule has 21 heavy (non-hydrogen) atoms. The molecule has 1 aromatic heterocycles. The van der Waals surface area contributed by atoms with Gasteiger partial charge < -0.3 is 15.5 Å². The summed E-state index contributed by atoms with van der Waals surface area (Å²) in [7, 11) is 3.84. The largest absolute Gasteiger partial charge is 0.355 e. The van der Waals surface area contributed by atoms with Crippen molar-refractivity contribution in [1.29, 1.82) is 0 Å². The Bertz CT molecular complexity index is 487. The third-order valence-electron chi connectivity index (χ3n) is 3.22. The summed E-state index contributed by atoms with van der Waals surface area (Å²) in [5.74, 6) is 1.00. The first-order valence-electron chi connectivity index (χ1n) is 7.41. The van der Waals surface area contributed by atoms with E-state index in [1.165, 1.54) is 0 Å². The average molecular weight is 295 g/mol. The first kappa shape index (κ1) is 17.5. The Hall–Kier alpha value is -1.56. The number of hydrogen-bond donors (Lipinski definition) is 2. The second-order valence-corrected chi connectivity index (χ2v) is 6.42. The van der Waals surface area contributed by atoms with Gasteiger partial charge in [-0.15, -0.1) is 0 Å². The lowest BCUT2D eigenvalue weighted by atomic mass is 10.1. The van der Waals surface area contributed by atoms with E-state index in [1.54, 1.807) is 0 Å². The monoisotopic (exact) mass is 295 g/mol. The Morgan fingerprint density at radius 3 is 2.52 bits per heavy atom. The minimum atomic E-state index is 0.0218. The molecule has 0 aromatic carbocycles. The second kappa shape index (κ2) is 6.93. The van der Waals surface area contributed by atoms with Gasteiger partial charge in [-0.2, -0.15) is 5.10 Å². The van der Waals surface area contributed by atoms with Crippen LogP contribution in [0.2, 0.25) is 0 Å². The number of amides is 1. The van der Waals surface area contributed by atoms with Crippen LogP contribution in [0.15, 0.2) is 0 Å². The van der Waals surface area contributed by atoms with Gasteiger partial charge in [-0.05, 0) is 34.6 Å². The van der Waals surface area contributed by atoms with Crippen molar-refractivity contribution in [2.24, 2.45) is 7.05 Å². The molecule has 1 rings (SSSR count). The van der Waals surface area contributed by atoms with Gasteiger partial charge in [0, 0.05) is 38.3 Å². The molecule has 0 bridgehead atoms.